The molecule has 2 atom stereocenters. The van der Waals surface area contributed by atoms with Gasteiger partial charge in [-0.3, -0.25) is 0 Å². The Morgan fingerprint density at radius 3 is 2.65 bits per heavy atom. The Morgan fingerprint density at radius 1 is 1.13 bits per heavy atom. The third kappa shape index (κ3) is 4.24. The molecule has 0 aromatic heterocycles. The van der Waals surface area contributed by atoms with E-state index in [4.69, 9.17) is 4.74 Å². The van der Waals surface area contributed by atoms with Crippen LogP contribution >= 0.6 is 0 Å². The van der Waals surface area contributed by atoms with Crippen molar-refractivity contribution in [1.82, 2.24) is 0 Å². The van der Waals surface area contributed by atoms with E-state index in [0.29, 0.717) is 41.5 Å². The zero-order valence-electron chi connectivity index (χ0n) is 17.3. The van der Waals surface area contributed by atoms with Gasteiger partial charge in [0.25, 0.3) is 0 Å². The largest absolute Gasteiger partial charge is 0.462 e. The molecule has 1 aliphatic rings. The van der Waals surface area contributed by atoms with Gasteiger partial charge >= 0.3 is 5.97 Å². The standard InChI is InChI=1S/C26H25FO4/c1-2-31-25(29)22-11-9-20(27)15-23(22)18-8-10-21-19(14-18)12-13-26(30,24(21)28)16-17-6-4-3-5-7-17/h3-11,14-15,24,28,30H,2,12-13,16H2,1H3/t24-,26-/m0/s1. The zero-order valence-corrected chi connectivity index (χ0v) is 17.3. The minimum Gasteiger partial charge on any atom is -0.462 e. The highest BCUT2D eigenvalue weighted by Crippen LogP contribution is 2.41. The molecule has 0 unspecified atom stereocenters. The summed E-state index contributed by atoms with van der Waals surface area (Å²) in [7, 11) is 0. The predicted molar refractivity (Wildman–Crippen MR) is 116 cm³/mol. The monoisotopic (exact) mass is 420 g/mol. The van der Waals surface area contributed by atoms with Crippen LogP contribution in [0.15, 0.2) is 66.7 Å². The molecule has 4 rings (SSSR count). The number of hydrogen-bond donors (Lipinski definition) is 2. The summed E-state index contributed by atoms with van der Waals surface area (Å²) in [6.07, 6.45) is 0.274. The molecule has 0 bridgehead atoms. The second-order valence-electron chi connectivity index (χ2n) is 7.99. The number of halogens is 1. The molecule has 3 aromatic carbocycles. The fourth-order valence-corrected chi connectivity index (χ4v) is 4.31. The molecule has 1 aliphatic carbocycles. The highest BCUT2D eigenvalue weighted by Gasteiger charge is 2.41. The third-order valence-corrected chi connectivity index (χ3v) is 5.91. The van der Waals surface area contributed by atoms with Crippen LogP contribution in [0.25, 0.3) is 11.1 Å². The second-order valence-corrected chi connectivity index (χ2v) is 7.99. The average molecular weight is 420 g/mol. The first-order valence-electron chi connectivity index (χ1n) is 10.5. The smallest absolute Gasteiger partial charge is 0.338 e. The number of carbonyl (C=O) groups excluding carboxylic acids is 1. The van der Waals surface area contributed by atoms with E-state index in [0.717, 1.165) is 11.1 Å². The molecule has 0 aliphatic heterocycles. The molecular formula is C26H25FO4. The predicted octanol–water partition coefficient (Wildman–Crippen LogP) is 4.62. The maximum Gasteiger partial charge on any atom is 0.338 e. The summed E-state index contributed by atoms with van der Waals surface area (Å²) in [6, 6.07) is 18.9. The van der Waals surface area contributed by atoms with E-state index >= 15 is 0 Å². The van der Waals surface area contributed by atoms with Crippen molar-refractivity contribution in [2.24, 2.45) is 0 Å². The molecular weight excluding hydrogens is 395 g/mol. The van der Waals surface area contributed by atoms with Crippen LogP contribution in [-0.4, -0.2) is 28.4 Å². The van der Waals surface area contributed by atoms with Gasteiger partial charge in [0.1, 0.15) is 11.9 Å². The molecule has 0 heterocycles. The Morgan fingerprint density at radius 2 is 1.90 bits per heavy atom. The van der Waals surface area contributed by atoms with Crippen molar-refractivity contribution >= 4 is 5.97 Å². The number of ether oxygens (including phenoxy) is 1. The van der Waals surface area contributed by atoms with Crippen LogP contribution in [0, 0.1) is 5.82 Å². The van der Waals surface area contributed by atoms with Crippen LogP contribution in [-0.2, 0) is 17.6 Å². The van der Waals surface area contributed by atoms with Crippen molar-refractivity contribution in [1.29, 1.82) is 0 Å². The SMILES string of the molecule is CCOC(=O)c1ccc(F)cc1-c1ccc2c(c1)CC[C@](O)(Cc1ccccc1)[C@H]2O. The first-order valence-corrected chi connectivity index (χ1v) is 10.5. The van der Waals surface area contributed by atoms with E-state index in [-0.39, 0.29) is 6.61 Å². The summed E-state index contributed by atoms with van der Waals surface area (Å²) < 4.78 is 19.1. The number of carbonyl (C=O) groups is 1. The first-order chi connectivity index (χ1) is 14.9. The van der Waals surface area contributed by atoms with E-state index in [1.165, 1.54) is 18.2 Å². The van der Waals surface area contributed by atoms with Crippen LogP contribution in [0.1, 0.15) is 46.5 Å². The number of benzene rings is 3. The highest BCUT2D eigenvalue weighted by atomic mass is 19.1. The highest BCUT2D eigenvalue weighted by molar-refractivity contribution is 5.97. The van der Waals surface area contributed by atoms with E-state index in [9.17, 15) is 19.4 Å². The molecule has 0 amide bonds. The van der Waals surface area contributed by atoms with Crippen molar-refractivity contribution in [3.05, 3.63) is 94.8 Å². The van der Waals surface area contributed by atoms with E-state index in [1.807, 2.05) is 36.4 Å². The van der Waals surface area contributed by atoms with Gasteiger partial charge < -0.3 is 14.9 Å². The maximum atomic E-state index is 14.0. The topological polar surface area (TPSA) is 66.8 Å². The lowest BCUT2D eigenvalue weighted by atomic mass is 9.74. The first kappa shape index (κ1) is 21.2. The van der Waals surface area contributed by atoms with Gasteiger partial charge in [-0.2, -0.15) is 0 Å². The molecule has 0 saturated heterocycles. The van der Waals surface area contributed by atoms with Gasteiger partial charge in [0.2, 0.25) is 0 Å². The third-order valence-electron chi connectivity index (χ3n) is 5.91. The Bertz CT molecular complexity index is 1100. The lowest BCUT2D eigenvalue weighted by molar-refractivity contribution is -0.0884. The molecule has 31 heavy (non-hydrogen) atoms. The van der Waals surface area contributed by atoms with Gasteiger partial charge in [0.15, 0.2) is 0 Å². The zero-order chi connectivity index (χ0) is 22.0. The second kappa shape index (κ2) is 8.61. The number of rotatable bonds is 5. The van der Waals surface area contributed by atoms with Crippen LogP contribution in [0.2, 0.25) is 0 Å². The van der Waals surface area contributed by atoms with Crippen LogP contribution < -0.4 is 0 Å². The molecule has 0 spiro atoms. The number of aryl methyl sites for hydroxylation is 1. The quantitative estimate of drug-likeness (QED) is 0.591. The Kier molecular flexibility index (Phi) is 5.90. The van der Waals surface area contributed by atoms with Gasteiger partial charge in [-0.05, 0) is 65.8 Å². The van der Waals surface area contributed by atoms with Crippen molar-refractivity contribution in [2.75, 3.05) is 6.61 Å². The maximum absolute atomic E-state index is 14.0. The molecule has 5 heteroatoms. The van der Waals surface area contributed by atoms with Crippen molar-refractivity contribution in [3.8, 4) is 11.1 Å². The van der Waals surface area contributed by atoms with Gasteiger partial charge in [-0.25, -0.2) is 9.18 Å². The Hall–Kier alpha value is -3.02. The number of aliphatic hydroxyl groups is 2. The molecule has 160 valence electrons. The number of fused-ring (bicyclic) bond motifs is 1. The van der Waals surface area contributed by atoms with Gasteiger partial charge in [0.05, 0.1) is 17.8 Å². The van der Waals surface area contributed by atoms with Crippen molar-refractivity contribution in [3.63, 3.8) is 0 Å². The lowest BCUT2D eigenvalue weighted by Gasteiger charge is -2.38. The Balaban J connectivity index is 1.67. The summed E-state index contributed by atoms with van der Waals surface area (Å²) in [5, 5.41) is 22.2. The van der Waals surface area contributed by atoms with Crippen LogP contribution in [0.5, 0.6) is 0 Å². The number of esters is 1. The summed E-state index contributed by atoms with van der Waals surface area (Å²) in [5.74, 6) is -0.953. The minimum absolute atomic E-state index is 0.228. The molecule has 0 saturated carbocycles. The van der Waals surface area contributed by atoms with E-state index < -0.39 is 23.5 Å². The van der Waals surface area contributed by atoms with Crippen LogP contribution in [0.4, 0.5) is 4.39 Å². The summed E-state index contributed by atoms with van der Waals surface area (Å²) in [6.45, 7) is 1.95. The van der Waals surface area contributed by atoms with Crippen molar-refractivity contribution < 1.29 is 24.1 Å². The lowest BCUT2D eigenvalue weighted by Crippen LogP contribution is -2.42. The molecule has 4 nitrogen and oxygen atoms in total. The van der Waals surface area contributed by atoms with Gasteiger partial charge in [0, 0.05) is 6.42 Å². The molecule has 3 aromatic rings. The Labute approximate surface area is 180 Å². The van der Waals surface area contributed by atoms with Gasteiger partial charge in [-0.15, -0.1) is 0 Å². The van der Waals surface area contributed by atoms with Crippen molar-refractivity contribution in [2.45, 2.75) is 37.9 Å². The van der Waals surface area contributed by atoms with Gasteiger partial charge in [-0.1, -0.05) is 48.5 Å². The summed E-state index contributed by atoms with van der Waals surface area (Å²) in [5.41, 5.74) is 2.64. The summed E-state index contributed by atoms with van der Waals surface area (Å²) >= 11 is 0. The minimum atomic E-state index is -1.26. The average Bonchev–Trinajstić information content (AvgIpc) is 2.77. The summed E-state index contributed by atoms with van der Waals surface area (Å²) in [4.78, 5) is 12.3. The molecule has 0 fully saturated rings. The molecule has 0 radical (unpaired) electrons. The number of aliphatic hydroxyl groups excluding tert-OH is 1. The van der Waals surface area contributed by atoms with E-state index in [2.05, 4.69) is 0 Å². The van der Waals surface area contributed by atoms with Crippen LogP contribution in [0.3, 0.4) is 0 Å². The van der Waals surface area contributed by atoms with E-state index in [1.54, 1.807) is 19.1 Å². The normalized spacial score (nSPS) is 20.2. The number of hydrogen-bond acceptors (Lipinski definition) is 4. The fourth-order valence-electron chi connectivity index (χ4n) is 4.31. The fraction of sp³-hybridized carbons (Fsp3) is 0.269. The molecule has 2 N–H and O–H groups in total.